The van der Waals surface area contributed by atoms with Gasteiger partial charge in [-0.1, -0.05) is 6.92 Å². The highest BCUT2D eigenvalue weighted by Gasteiger charge is 2.11. The van der Waals surface area contributed by atoms with E-state index in [9.17, 15) is 4.79 Å². The first kappa shape index (κ1) is 18.5. The van der Waals surface area contributed by atoms with Gasteiger partial charge in [0.15, 0.2) is 0 Å². The number of hydrogen-bond donors (Lipinski definition) is 2. The molecule has 0 bridgehead atoms. The molecular formula is C16H31N5O. The van der Waals surface area contributed by atoms with Crippen molar-refractivity contribution in [2.24, 2.45) is 5.92 Å². The van der Waals surface area contributed by atoms with Crippen molar-refractivity contribution < 1.29 is 4.79 Å². The van der Waals surface area contributed by atoms with Gasteiger partial charge in [0, 0.05) is 32.4 Å². The van der Waals surface area contributed by atoms with Crippen molar-refractivity contribution in [1.82, 2.24) is 25.3 Å². The predicted octanol–water partition coefficient (Wildman–Crippen LogP) is 1.80. The number of rotatable bonds is 8. The van der Waals surface area contributed by atoms with Gasteiger partial charge in [0.25, 0.3) is 0 Å². The van der Waals surface area contributed by atoms with E-state index in [4.69, 9.17) is 0 Å². The molecule has 2 amide bonds. The maximum absolute atomic E-state index is 12.0. The molecular weight excluding hydrogens is 278 g/mol. The number of amides is 2. The number of hydrogen-bond acceptors (Lipinski definition) is 3. The van der Waals surface area contributed by atoms with Crippen molar-refractivity contribution in [1.29, 1.82) is 0 Å². The molecule has 0 saturated carbocycles. The molecule has 0 aliphatic heterocycles. The predicted molar refractivity (Wildman–Crippen MR) is 90.1 cm³/mol. The highest BCUT2D eigenvalue weighted by Crippen LogP contribution is 2.11. The second-order valence-corrected chi connectivity index (χ2v) is 6.49. The Hall–Kier alpha value is -1.56. The minimum atomic E-state index is 0.00578. The molecule has 2 N–H and O–H groups in total. The van der Waals surface area contributed by atoms with Crippen molar-refractivity contribution in [2.45, 2.75) is 33.6 Å². The topological polar surface area (TPSA) is 64.3 Å². The quantitative estimate of drug-likeness (QED) is 0.769. The van der Waals surface area contributed by atoms with Crippen LogP contribution < -0.4 is 5.32 Å². The van der Waals surface area contributed by atoms with E-state index < -0.39 is 0 Å². The lowest BCUT2D eigenvalue weighted by molar-refractivity contribution is 0.205. The molecule has 1 aromatic rings. The van der Waals surface area contributed by atoms with Gasteiger partial charge in [-0.3, -0.25) is 5.10 Å². The summed E-state index contributed by atoms with van der Waals surface area (Å²) in [7, 11) is 5.94. The zero-order chi connectivity index (χ0) is 16.7. The molecule has 1 heterocycles. The van der Waals surface area contributed by atoms with Crippen molar-refractivity contribution >= 4 is 6.03 Å². The van der Waals surface area contributed by atoms with E-state index in [2.05, 4.69) is 27.3 Å². The summed E-state index contributed by atoms with van der Waals surface area (Å²) in [6, 6.07) is 0.00578. The largest absolute Gasteiger partial charge is 0.338 e. The zero-order valence-corrected chi connectivity index (χ0v) is 14.9. The van der Waals surface area contributed by atoms with Crippen LogP contribution in [0.4, 0.5) is 4.79 Å². The van der Waals surface area contributed by atoms with Crippen LogP contribution in [0.1, 0.15) is 30.3 Å². The van der Waals surface area contributed by atoms with Crippen LogP contribution in [0, 0.1) is 19.8 Å². The summed E-state index contributed by atoms with van der Waals surface area (Å²) in [5.41, 5.74) is 3.46. The normalized spacial score (nSPS) is 12.5. The van der Waals surface area contributed by atoms with Crippen LogP contribution >= 0.6 is 0 Å². The lowest BCUT2D eigenvalue weighted by Crippen LogP contribution is -2.41. The van der Waals surface area contributed by atoms with Gasteiger partial charge >= 0.3 is 6.03 Å². The van der Waals surface area contributed by atoms with E-state index in [-0.39, 0.29) is 6.03 Å². The molecule has 126 valence electrons. The van der Waals surface area contributed by atoms with E-state index in [0.717, 1.165) is 37.3 Å². The lowest BCUT2D eigenvalue weighted by Gasteiger charge is -2.21. The van der Waals surface area contributed by atoms with Crippen LogP contribution in [0.5, 0.6) is 0 Å². The molecule has 0 unspecified atom stereocenters. The smallest absolute Gasteiger partial charge is 0.317 e. The Morgan fingerprint density at radius 1 is 1.32 bits per heavy atom. The average molecular weight is 309 g/mol. The molecule has 1 rings (SSSR count). The molecule has 22 heavy (non-hydrogen) atoms. The van der Waals surface area contributed by atoms with Crippen LogP contribution in [0.15, 0.2) is 0 Å². The number of nitrogens with one attached hydrogen (secondary N) is 2. The Kier molecular flexibility index (Phi) is 7.38. The fraction of sp³-hybridized carbons (Fsp3) is 0.750. The van der Waals surface area contributed by atoms with E-state index >= 15 is 0 Å². The van der Waals surface area contributed by atoms with E-state index in [1.54, 1.807) is 4.90 Å². The number of urea groups is 1. The molecule has 1 aromatic heterocycles. The summed E-state index contributed by atoms with van der Waals surface area (Å²) in [5, 5.41) is 10.2. The number of aromatic amines is 1. The maximum atomic E-state index is 12.0. The third-order valence-electron chi connectivity index (χ3n) is 3.83. The maximum Gasteiger partial charge on any atom is 0.317 e. The van der Waals surface area contributed by atoms with Gasteiger partial charge in [-0.2, -0.15) is 5.10 Å². The average Bonchev–Trinajstić information content (AvgIpc) is 2.75. The second kappa shape index (κ2) is 8.78. The summed E-state index contributed by atoms with van der Waals surface area (Å²) < 4.78 is 0. The minimum Gasteiger partial charge on any atom is -0.338 e. The van der Waals surface area contributed by atoms with Gasteiger partial charge in [0.1, 0.15) is 0 Å². The monoisotopic (exact) mass is 309 g/mol. The molecule has 1 atom stereocenters. The molecule has 0 aliphatic carbocycles. The lowest BCUT2D eigenvalue weighted by atomic mass is 10.1. The third kappa shape index (κ3) is 6.05. The Bertz CT molecular complexity index is 450. The fourth-order valence-corrected chi connectivity index (χ4v) is 2.62. The summed E-state index contributed by atoms with van der Waals surface area (Å²) >= 11 is 0. The number of aryl methyl sites for hydroxylation is 2. The van der Waals surface area contributed by atoms with Crippen LogP contribution in [-0.2, 0) is 6.42 Å². The van der Waals surface area contributed by atoms with E-state index in [0.29, 0.717) is 12.5 Å². The number of carbonyl (C=O) groups excluding carboxylic acids is 1. The summed E-state index contributed by atoms with van der Waals surface area (Å²) in [5.74, 6) is 0.448. The first-order chi connectivity index (χ1) is 10.3. The molecule has 0 aliphatic rings. The fourth-order valence-electron chi connectivity index (χ4n) is 2.62. The van der Waals surface area contributed by atoms with Crippen molar-refractivity contribution in [3.8, 4) is 0 Å². The van der Waals surface area contributed by atoms with Crippen molar-refractivity contribution in [3.63, 3.8) is 0 Å². The Morgan fingerprint density at radius 2 is 2.00 bits per heavy atom. The highest BCUT2D eigenvalue weighted by molar-refractivity contribution is 5.73. The van der Waals surface area contributed by atoms with Gasteiger partial charge in [0.05, 0.1) is 5.69 Å². The summed E-state index contributed by atoms with van der Waals surface area (Å²) in [4.78, 5) is 15.9. The first-order valence-corrected chi connectivity index (χ1v) is 7.95. The zero-order valence-electron chi connectivity index (χ0n) is 14.9. The summed E-state index contributed by atoms with van der Waals surface area (Å²) in [6.45, 7) is 8.63. The third-order valence-corrected chi connectivity index (χ3v) is 3.83. The molecule has 6 nitrogen and oxygen atoms in total. The van der Waals surface area contributed by atoms with E-state index in [1.807, 2.05) is 35.0 Å². The number of nitrogens with zero attached hydrogens (tertiary/aromatic N) is 3. The van der Waals surface area contributed by atoms with Gasteiger partial charge in [0.2, 0.25) is 0 Å². The van der Waals surface area contributed by atoms with Gasteiger partial charge < -0.3 is 15.1 Å². The minimum absolute atomic E-state index is 0.00578. The molecule has 0 radical (unpaired) electrons. The molecule has 6 heteroatoms. The Labute approximate surface area is 134 Å². The molecule has 0 fully saturated rings. The molecule has 0 saturated heterocycles. The van der Waals surface area contributed by atoms with Gasteiger partial charge in [-0.15, -0.1) is 0 Å². The number of carbonyl (C=O) groups is 1. The van der Waals surface area contributed by atoms with Gasteiger partial charge in [-0.25, -0.2) is 4.79 Å². The molecule has 0 spiro atoms. The highest BCUT2D eigenvalue weighted by atomic mass is 16.2. The second-order valence-electron chi connectivity index (χ2n) is 6.49. The number of aromatic nitrogens is 2. The van der Waals surface area contributed by atoms with Crippen LogP contribution in [-0.4, -0.2) is 66.8 Å². The van der Waals surface area contributed by atoms with Crippen molar-refractivity contribution in [2.75, 3.05) is 40.8 Å². The number of H-pyrrole nitrogens is 1. The first-order valence-electron chi connectivity index (χ1n) is 7.95. The molecule has 0 aromatic carbocycles. The summed E-state index contributed by atoms with van der Waals surface area (Å²) in [6.07, 6.45) is 1.89. The van der Waals surface area contributed by atoms with E-state index in [1.165, 1.54) is 5.56 Å². The Balaban J connectivity index is 2.27. The Morgan fingerprint density at radius 3 is 2.55 bits per heavy atom. The SMILES string of the molecule is Cc1n[nH]c(C)c1CCCN(C)C(=O)NC[C@@H](C)CN(C)C. The van der Waals surface area contributed by atoms with Crippen LogP contribution in [0.3, 0.4) is 0 Å². The van der Waals surface area contributed by atoms with Crippen molar-refractivity contribution in [3.05, 3.63) is 17.0 Å². The van der Waals surface area contributed by atoms with Gasteiger partial charge in [-0.05, 0) is 52.3 Å². The van der Waals surface area contributed by atoms with Crippen LogP contribution in [0.25, 0.3) is 0 Å². The standard InChI is InChI=1S/C16H31N5O/c1-12(11-20(4)5)10-17-16(22)21(6)9-7-8-15-13(2)18-19-14(15)3/h12H,7-11H2,1-6H3,(H,17,22)(H,18,19)/t12-/m1/s1. The van der Waals surface area contributed by atoms with Crippen LogP contribution in [0.2, 0.25) is 0 Å².